The number of ether oxygens (including phenoxy) is 1. The number of carboxylic acid groups (broad SMARTS) is 1. The summed E-state index contributed by atoms with van der Waals surface area (Å²) in [7, 11) is 0. The van der Waals surface area contributed by atoms with Gasteiger partial charge in [-0.25, -0.2) is 0 Å². The van der Waals surface area contributed by atoms with Crippen LogP contribution in [0.25, 0.3) is 0 Å². The molecule has 0 bridgehead atoms. The highest BCUT2D eigenvalue weighted by Gasteiger charge is 2.46. The Kier molecular flexibility index (Phi) is 4.77. The fraction of sp³-hybridized carbons (Fsp3) is 0.300. The molecule has 20 heavy (non-hydrogen) atoms. The van der Waals surface area contributed by atoms with E-state index in [1.807, 2.05) is 0 Å². The van der Waals surface area contributed by atoms with Crippen LogP contribution in [0.1, 0.15) is 0 Å². The first-order valence-corrected chi connectivity index (χ1v) is 5.37. The van der Waals surface area contributed by atoms with Crippen LogP contribution in [0.5, 0.6) is 5.75 Å². The summed E-state index contributed by atoms with van der Waals surface area (Å²) in [6.45, 7) is -1.29. The number of aliphatic carboxylic acids is 1. The van der Waals surface area contributed by atoms with E-state index in [1.165, 1.54) is 0 Å². The van der Waals surface area contributed by atoms with E-state index < -0.39 is 41.0 Å². The van der Waals surface area contributed by atoms with Gasteiger partial charge in [0, 0.05) is 17.2 Å². The average Bonchev–Trinajstić information content (AvgIpc) is 2.26. The van der Waals surface area contributed by atoms with E-state index in [0.717, 1.165) is 18.2 Å². The number of nitro benzene ring substituents is 1. The Labute approximate surface area is 114 Å². The smallest absolute Gasteiger partial charge is 0.405 e. The molecule has 0 spiro atoms. The topological polar surface area (TPSA) is 89.7 Å². The van der Waals surface area contributed by atoms with Crippen LogP contribution < -0.4 is 4.74 Å². The van der Waals surface area contributed by atoms with E-state index in [4.69, 9.17) is 16.7 Å². The van der Waals surface area contributed by atoms with Gasteiger partial charge in [-0.15, -0.1) is 0 Å². The summed E-state index contributed by atoms with van der Waals surface area (Å²) in [6, 6.07) is 3.04. The van der Waals surface area contributed by atoms with Crippen molar-refractivity contribution in [2.75, 3.05) is 6.61 Å². The van der Waals surface area contributed by atoms with Crippen LogP contribution in [-0.2, 0) is 4.79 Å². The Morgan fingerprint density at radius 3 is 2.55 bits per heavy atom. The zero-order chi connectivity index (χ0) is 15.5. The maximum Gasteiger partial charge on any atom is 0.405 e. The van der Waals surface area contributed by atoms with Crippen LogP contribution in [-0.4, -0.2) is 28.8 Å². The molecule has 110 valence electrons. The largest absolute Gasteiger partial charge is 0.485 e. The van der Waals surface area contributed by atoms with Crippen LogP contribution in [0.2, 0.25) is 5.02 Å². The second-order valence-electron chi connectivity index (χ2n) is 3.61. The van der Waals surface area contributed by atoms with Crippen molar-refractivity contribution in [1.29, 1.82) is 0 Å². The van der Waals surface area contributed by atoms with E-state index >= 15 is 0 Å². The second kappa shape index (κ2) is 5.95. The summed E-state index contributed by atoms with van der Waals surface area (Å²) >= 11 is 5.55. The van der Waals surface area contributed by atoms with E-state index in [1.54, 1.807) is 0 Å². The second-order valence-corrected chi connectivity index (χ2v) is 4.05. The summed E-state index contributed by atoms with van der Waals surface area (Å²) < 4.78 is 41.8. The molecule has 0 radical (unpaired) electrons. The molecule has 0 aromatic heterocycles. The first-order chi connectivity index (χ1) is 9.12. The van der Waals surface area contributed by atoms with Gasteiger partial charge in [0.05, 0.1) is 4.92 Å². The maximum atomic E-state index is 12.4. The summed E-state index contributed by atoms with van der Waals surface area (Å²) in [5, 5.41) is 19.1. The minimum atomic E-state index is -5.03. The van der Waals surface area contributed by atoms with Gasteiger partial charge >= 0.3 is 17.8 Å². The number of nitrogens with zero attached hydrogens (tertiary/aromatic N) is 1. The monoisotopic (exact) mass is 313 g/mol. The first-order valence-electron chi connectivity index (χ1n) is 4.99. The van der Waals surface area contributed by atoms with Crippen molar-refractivity contribution in [1.82, 2.24) is 0 Å². The lowest BCUT2D eigenvalue weighted by atomic mass is 10.1. The Balaban J connectivity index is 2.96. The van der Waals surface area contributed by atoms with Crippen LogP contribution in [0.3, 0.4) is 0 Å². The molecular weight excluding hydrogens is 307 g/mol. The summed E-state index contributed by atoms with van der Waals surface area (Å²) in [4.78, 5) is 20.3. The van der Waals surface area contributed by atoms with Crippen LogP contribution >= 0.6 is 11.6 Å². The summed E-state index contributed by atoms with van der Waals surface area (Å²) in [5.74, 6) is -5.46. The average molecular weight is 314 g/mol. The van der Waals surface area contributed by atoms with Crippen LogP contribution in [0.15, 0.2) is 18.2 Å². The van der Waals surface area contributed by atoms with Crippen molar-refractivity contribution in [3.8, 4) is 5.75 Å². The van der Waals surface area contributed by atoms with Gasteiger partial charge in [0.1, 0.15) is 6.61 Å². The van der Waals surface area contributed by atoms with Crippen molar-refractivity contribution in [2.45, 2.75) is 6.18 Å². The van der Waals surface area contributed by atoms with Gasteiger partial charge < -0.3 is 9.84 Å². The quantitative estimate of drug-likeness (QED) is 0.667. The molecule has 0 saturated heterocycles. The normalized spacial score (nSPS) is 12.8. The van der Waals surface area contributed by atoms with Gasteiger partial charge in [-0.3, -0.25) is 14.9 Å². The van der Waals surface area contributed by atoms with Gasteiger partial charge in [-0.1, -0.05) is 11.6 Å². The molecule has 0 heterocycles. The number of alkyl halides is 3. The lowest BCUT2D eigenvalue weighted by Crippen LogP contribution is -2.35. The molecule has 1 aromatic carbocycles. The van der Waals surface area contributed by atoms with E-state index in [9.17, 15) is 28.1 Å². The minimum Gasteiger partial charge on any atom is -0.485 e. The fourth-order valence-corrected chi connectivity index (χ4v) is 1.40. The van der Waals surface area contributed by atoms with Crippen molar-refractivity contribution >= 4 is 23.3 Å². The van der Waals surface area contributed by atoms with Crippen LogP contribution in [0.4, 0.5) is 18.9 Å². The molecule has 1 atom stereocenters. The van der Waals surface area contributed by atoms with E-state index in [2.05, 4.69) is 4.74 Å². The summed E-state index contributed by atoms with van der Waals surface area (Å²) in [5.41, 5.74) is -0.610. The number of benzene rings is 1. The molecule has 6 nitrogen and oxygen atoms in total. The van der Waals surface area contributed by atoms with Crippen molar-refractivity contribution in [2.24, 2.45) is 5.92 Å². The SMILES string of the molecule is O=C(O)C(COc1cc(Cl)ccc1[N+](=O)[O-])C(F)(F)F. The predicted octanol–water partition coefficient (Wildman–Crippen LogP) is 2.89. The molecule has 0 amide bonds. The first kappa shape index (κ1) is 16.0. The highest BCUT2D eigenvalue weighted by atomic mass is 35.5. The lowest BCUT2D eigenvalue weighted by Gasteiger charge is -2.16. The lowest BCUT2D eigenvalue weighted by molar-refractivity contribution is -0.386. The van der Waals surface area contributed by atoms with E-state index in [0.29, 0.717) is 0 Å². The molecule has 0 saturated carbocycles. The van der Waals surface area contributed by atoms with Gasteiger partial charge in [-0.2, -0.15) is 13.2 Å². The number of rotatable bonds is 5. The number of nitro groups is 1. The molecule has 1 aromatic rings. The van der Waals surface area contributed by atoms with Gasteiger partial charge in [0.2, 0.25) is 0 Å². The Morgan fingerprint density at radius 2 is 2.10 bits per heavy atom. The standard InChI is InChI=1S/C10H7ClF3NO5/c11-5-1-2-7(15(18)19)8(3-5)20-4-6(9(16)17)10(12,13)14/h1-3,6H,4H2,(H,16,17). The molecule has 0 fully saturated rings. The molecule has 1 N–H and O–H groups in total. The number of halogens is 4. The molecular formula is C10H7ClF3NO5. The van der Waals surface area contributed by atoms with Gasteiger partial charge in [0.25, 0.3) is 0 Å². The number of hydrogen-bond acceptors (Lipinski definition) is 4. The highest BCUT2D eigenvalue weighted by molar-refractivity contribution is 6.30. The number of carboxylic acids is 1. The summed E-state index contributed by atoms with van der Waals surface area (Å²) in [6.07, 6.45) is -5.03. The molecule has 0 aliphatic rings. The third-order valence-electron chi connectivity index (χ3n) is 2.22. The molecule has 0 aliphatic carbocycles. The minimum absolute atomic E-state index is 0.00415. The third-order valence-corrected chi connectivity index (χ3v) is 2.45. The van der Waals surface area contributed by atoms with Gasteiger partial charge in [-0.05, 0) is 6.07 Å². The van der Waals surface area contributed by atoms with Crippen molar-refractivity contribution < 1.29 is 32.7 Å². The Bertz CT molecular complexity index is 534. The Morgan fingerprint density at radius 1 is 1.50 bits per heavy atom. The van der Waals surface area contributed by atoms with Crippen molar-refractivity contribution in [3.63, 3.8) is 0 Å². The number of carbonyl (C=O) groups is 1. The molecule has 1 unspecified atom stereocenters. The zero-order valence-electron chi connectivity index (χ0n) is 9.56. The molecule has 1 rings (SSSR count). The van der Waals surface area contributed by atoms with Crippen molar-refractivity contribution in [3.05, 3.63) is 33.3 Å². The fourth-order valence-electron chi connectivity index (χ4n) is 1.23. The van der Waals surface area contributed by atoms with E-state index in [-0.39, 0.29) is 5.02 Å². The molecule has 10 heteroatoms. The van der Waals surface area contributed by atoms with Gasteiger partial charge in [0.15, 0.2) is 11.7 Å². The predicted molar refractivity (Wildman–Crippen MR) is 60.8 cm³/mol. The van der Waals surface area contributed by atoms with Crippen LogP contribution in [0, 0.1) is 16.0 Å². The number of hydrogen-bond donors (Lipinski definition) is 1. The Hall–Kier alpha value is -2.03. The third kappa shape index (κ3) is 3.98. The highest BCUT2D eigenvalue weighted by Crippen LogP contribution is 2.32. The maximum absolute atomic E-state index is 12.4. The molecule has 0 aliphatic heterocycles. The zero-order valence-corrected chi connectivity index (χ0v) is 10.3.